The van der Waals surface area contributed by atoms with Crippen LogP contribution < -0.4 is 10.0 Å². The average Bonchev–Trinajstić information content (AvgIpc) is 2.98. The Bertz CT molecular complexity index is 639. The number of pyridine rings is 1. The number of aryl methyl sites for hydroxylation is 1. The Labute approximate surface area is 123 Å². The van der Waals surface area contributed by atoms with E-state index in [-0.39, 0.29) is 5.03 Å². The third kappa shape index (κ3) is 4.59. The summed E-state index contributed by atoms with van der Waals surface area (Å²) in [5.74, 6) is 0. The van der Waals surface area contributed by atoms with Gasteiger partial charge >= 0.3 is 0 Å². The number of nitrogens with one attached hydrogen (secondary N) is 2. The Morgan fingerprint density at radius 3 is 2.81 bits per heavy atom. The van der Waals surface area contributed by atoms with Gasteiger partial charge in [-0.2, -0.15) is 0 Å². The molecule has 8 nitrogen and oxygen atoms in total. The van der Waals surface area contributed by atoms with Crippen molar-refractivity contribution in [2.75, 3.05) is 13.6 Å². The molecule has 2 heterocycles. The first kappa shape index (κ1) is 15.5. The number of hydrogen-bond donors (Lipinski definition) is 2. The Balaban J connectivity index is 1.85. The van der Waals surface area contributed by atoms with Gasteiger partial charge < -0.3 is 5.32 Å². The summed E-state index contributed by atoms with van der Waals surface area (Å²) in [6, 6.07) is 3.25. The highest BCUT2D eigenvalue weighted by atomic mass is 32.2. The fourth-order valence-electron chi connectivity index (χ4n) is 1.75. The monoisotopic (exact) mass is 310 g/mol. The molecule has 0 radical (unpaired) electrons. The zero-order chi connectivity index (χ0) is 15.1. The van der Waals surface area contributed by atoms with Gasteiger partial charge in [0.05, 0.1) is 6.20 Å². The van der Waals surface area contributed by atoms with Crippen molar-refractivity contribution in [3.05, 3.63) is 36.3 Å². The van der Waals surface area contributed by atoms with Crippen molar-refractivity contribution in [2.24, 2.45) is 0 Å². The molecule has 0 saturated carbocycles. The van der Waals surface area contributed by atoms with Gasteiger partial charge in [-0.1, -0.05) is 11.3 Å². The summed E-state index contributed by atoms with van der Waals surface area (Å²) in [7, 11) is -1.74. The number of nitrogens with zero attached hydrogens (tertiary/aromatic N) is 4. The molecule has 0 spiro atoms. The van der Waals surface area contributed by atoms with Gasteiger partial charge in [0.15, 0.2) is 5.03 Å². The first-order chi connectivity index (χ1) is 10.1. The number of aromatic nitrogens is 4. The topological polar surface area (TPSA) is 102 Å². The molecule has 0 amide bonds. The number of sulfonamides is 1. The fourth-order valence-corrected chi connectivity index (χ4v) is 2.75. The molecule has 2 N–H and O–H groups in total. The van der Waals surface area contributed by atoms with Crippen LogP contribution >= 0.6 is 0 Å². The maximum atomic E-state index is 12.0. The van der Waals surface area contributed by atoms with Gasteiger partial charge in [0.2, 0.25) is 0 Å². The minimum atomic E-state index is -3.56. The van der Waals surface area contributed by atoms with E-state index >= 15 is 0 Å². The molecule has 9 heteroatoms. The molecule has 0 fully saturated rings. The lowest BCUT2D eigenvalue weighted by Gasteiger charge is -2.07. The lowest BCUT2D eigenvalue weighted by atomic mass is 10.3. The van der Waals surface area contributed by atoms with E-state index in [2.05, 4.69) is 25.3 Å². The summed E-state index contributed by atoms with van der Waals surface area (Å²) in [5.41, 5.74) is 0.933. The SMILES string of the molecule is CNCc1ccc(S(=O)(=O)NCCCn2ccnn2)nc1. The van der Waals surface area contributed by atoms with Gasteiger partial charge in [0.25, 0.3) is 10.0 Å². The quantitative estimate of drug-likeness (QED) is 0.653. The second kappa shape index (κ2) is 7.25. The molecule has 114 valence electrons. The van der Waals surface area contributed by atoms with Gasteiger partial charge in [0.1, 0.15) is 0 Å². The largest absolute Gasteiger partial charge is 0.316 e. The highest BCUT2D eigenvalue weighted by molar-refractivity contribution is 7.89. The van der Waals surface area contributed by atoms with E-state index in [1.54, 1.807) is 29.3 Å². The van der Waals surface area contributed by atoms with Gasteiger partial charge in [0, 0.05) is 32.0 Å². The molecule has 0 aliphatic heterocycles. The van der Waals surface area contributed by atoms with Gasteiger partial charge in [-0.15, -0.1) is 5.10 Å². The van der Waals surface area contributed by atoms with Crippen LogP contribution in [0.25, 0.3) is 0 Å². The Morgan fingerprint density at radius 1 is 1.33 bits per heavy atom. The zero-order valence-electron chi connectivity index (χ0n) is 11.7. The lowest BCUT2D eigenvalue weighted by Crippen LogP contribution is -2.26. The predicted octanol–water partition coefficient (Wildman–Crippen LogP) is -0.239. The summed E-state index contributed by atoms with van der Waals surface area (Å²) >= 11 is 0. The predicted molar refractivity (Wildman–Crippen MR) is 76.8 cm³/mol. The van der Waals surface area contributed by atoms with Crippen LogP contribution in [-0.4, -0.2) is 42.0 Å². The summed E-state index contributed by atoms with van der Waals surface area (Å²) < 4.78 is 28.3. The summed E-state index contributed by atoms with van der Waals surface area (Å²) in [5, 5.41) is 10.5. The maximum Gasteiger partial charge on any atom is 0.258 e. The third-order valence-electron chi connectivity index (χ3n) is 2.78. The minimum Gasteiger partial charge on any atom is -0.316 e. The molecule has 0 aliphatic rings. The van der Waals surface area contributed by atoms with Gasteiger partial charge in [-0.3, -0.25) is 4.68 Å². The van der Waals surface area contributed by atoms with Gasteiger partial charge in [-0.05, 0) is 25.1 Å². The Hall–Kier alpha value is -1.84. The normalized spacial score (nSPS) is 11.7. The van der Waals surface area contributed by atoms with Crippen molar-refractivity contribution in [1.29, 1.82) is 0 Å². The molecule has 2 aromatic rings. The van der Waals surface area contributed by atoms with Crippen molar-refractivity contribution in [1.82, 2.24) is 30.0 Å². The van der Waals surface area contributed by atoms with Crippen LogP contribution in [0.4, 0.5) is 0 Å². The summed E-state index contributed by atoms with van der Waals surface area (Å²) in [4.78, 5) is 3.98. The van der Waals surface area contributed by atoms with Crippen LogP contribution in [0.5, 0.6) is 0 Å². The van der Waals surface area contributed by atoms with E-state index in [1.165, 1.54) is 6.07 Å². The van der Waals surface area contributed by atoms with E-state index in [0.717, 1.165) is 5.56 Å². The average molecular weight is 310 g/mol. The van der Waals surface area contributed by atoms with Crippen molar-refractivity contribution in [3.63, 3.8) is 0 Å². The van der Waals surface area contributed by atoms with Crippen LogP contribution in [0.1, 0.15) is 12.0 Å². The minimum absolute atomic E-state index is 0.0307. The molecule has 0 aliphatic carbocycles. The van der Waals surface area contributed by atoms with Crippen molar-refractivity contribution >= 4 is 10.0 Å². The van der Waals surface area contributed by atoms with Crippen LogP contribution in [-0.2, 0) is 23.1 Å². The molecule has 0 aromatic carbocycles. The van der Waals surface area contributed by atoms with Crippen molar-refractivity contribution in [3.8, 4) is 0 Å². The van der Waals surface area contributed by atoms with Crippen molar-refractivity contribution in [2.45, 2.75) is 24.5 Å². The zero-order valence-corrected chi connectivity index (χ0v) is 12.5. The highest BCUT2D eigenvalue weighted by Gasteiger charge is 2.14. The second-order valence-electron chi connectivity index (χ2n) is 4.45. The van der Waals surface area contributed by atoms with E-state index in [9.17, 15) is 8.42 Å². The smallest absolute Gasteiger partial charge is 0.258 e. The molecule has 0 atom stereocenters. The summed E-state index contributed by atoms with van der Waals surface area (Å²) in [6.45, 7) is 1.58. The van der Waals surface area contributed by atoms with Gasteiger partial charge in [-0.25, -0.2) is 18.1 Å². The van der Waals surface area contributed by atoms with E-state index < -0.39 is 10.0 Å². The van der Waals surface area contributed by atoms with Crippen LogP contribution in [0.2, 0.25) is 0 Å². The first-order valence-corrected chi connectivity index (χ1v) is 8.03. The molecular weight excluding hydrogens is 292 g/mol. The Morgan fingerprint density at radius 2 is 2.19 bits per heavy atom. The number of hydrogen-bond acceptors (Lipinski definition) is 6. The molecular formula is C12H18N6O2S. The maximum absolute atomic E-state index is 12.0. The van der Waals surface area contributed by atoms with E-state index in [1.807, 2.05) is 7.05 Å². The third-order valence-corrected chi connectivity index (χ3v) is 4.16. The summed E-state index contributed by atoms with van der Waals surface area (Å²) in [6.07, 6.45) is 5.50. The first-order valence-electron chi connectivity index (χ1n) is 6.55. The van der Waals surface area contributed by atoms with E-state index in [0.29, 0.717) is 26.1 Å². The molecule has 2 rings (SSSR count). The molecule has 0 saturated heterocycles. The van der Waals surface area contributed by atoms with Crippen LogP contribution in [0, 0.1) is 0 Å². The Kier molecular flexibility index (Phi) is 5.37. The van der Waals surface area contributed by atoms with Crippen molar-refractivity contribution < 1.29 is 8.42 Å². The molecule has 0 bridgehead atoms. The van der Waals surface area contributed by atoms with E-state index in [4.69, 9.17) is 0 Å². The highest BCUT2D eigenvalue weighted by Crippen LogP contribution is 2.06. The fraction of sp³-hybridized carbons (Fsp3) is 0.417. The molecule has 21 heavy (non-hydrogen) atoms. The van der Waals surface area contributed by atoms with Crippen LogP contribution in [0.15, 0.2) is 35.7 Å². The standard InChI is InChI=1S/C12H18N6O2S/c1-13-9-11-3-4-12(14-10-11)21(19,20)16-5-2-7-18-8-6-15-17-18/h3-4,6,8,10,13,16H,2,5,7,9H2,1H3. The molecule has 2 aromatic heterocycles. The molecule has 0 unspecified atom stereocenters. The van der Waals surface area contributed by atoms with Crippen LogP contribution in [0.3, 0.4) is 0 Å². The second-order valence-corrected chi connectivity index (χ2v) is 6.17. The number of rotatable bonds is 8. The lowest BCUT2D eigenvalue weighted by molar-refractivity contribution is 0.541.